The minimum Gasteiger partial charge on any atom is -0.379 e. The van der Waals surface area contributed by atoms with Crippen LogP contribution in [0.5, 0.6) is 0 Å². The van der Waals surface area contributed by atoms with E-state index in [1.807, 2.05) is 24.3 Å². The number of para-hydroxylation sites is 2. The van der Waals surface area contributed by atoms with Crippen LogP contribution in [0.25, 0.3) is 11.0 Å². The van der Waals surface area contributed by atoms with Gasteiger partial charge in [0.25, 0.3) is 0 Å². The number of hydrogen-bond donors (Lipinski definition) is 3. The molecule has 4 nitrogen and oxygen atoms in total. The lowest BCUT2D eigenvalue weighted by Gasteiger charge is -2.03. The van der Waals surface area contributed by atoms with Crippen molar-refractivity contribution in [3.05, 3.63) is 30.1 Å². The highest BCUT2D eigenvalue weighted by Gasteiger charge is 2.01. The number of aliphatic hydroxyl groups excluding tert-OH is 1. The predicted octanol–water partition coefficient (Wildman–Crippen LogP) is 0.991. The summed E-state index contributed by atoms with van der Waals surface area (Å²) in [5.41, 5.74) is 1.98. The molecule has 0 aliphatic rings. The molecule has 14 heavy (non-hydrogen) atoms. The molecule has 0 amide bonds. The second kappa shape index (κ2) is 3.77. The zero-order chi connectivity index (χ0) is 9.97. The Kier molecular flexibility index (Phi) is 2.47. The van der Waals surface area contributed by atoms with Crippen LogP contribution >= 0.6 is 0 Å². The molecule has 0 aliphatic carbocycles. The number of aliphatic hydroxyl groups is 1. The lowest BCUT2D eigenvalue weighted by Crippen LogP contribution is -2.25. The lowest BCUT2D eigenvalue weighted by molar-refractivity contribution is 0.154. The van der Waals surface area contributed by atoms with Crippen LogP contribution in [0.3, 0.4) is 0 Å². The summed E-state index contributed by atoms with van der Waals surface area (Å²) in [5, 5.41) is 11.9. The van der Waals surface area contributed by atoms with Gasteiger partial charge in [-0.2, -0.15) is 0 Å². The first kappa shape index (κ1) is 9.18. The summed E-state index contributed by atoms with van der Waals surface area (Å²) in [4.78, 5) is 7.52. The van der Waals surface area contributed by atoms with E-state index in [-0.39, 0.29) is 0 Å². The minimum absolute atomic E-state index is 0.511. The van der Waals surface area contributed by atoms with Crippen LogP contribution < -0.4 is 5.32 Å². The van der Waals surface area contributed by atoms with Crippen molar-refractivity contribution in [1.29, 1.82) is 0 Å². The van der Waals surface area contributed by atoms with Crippen molar-refractivity contribution in [2.75, 3.05) is 0 Å². The minimum atomic E-state index is -0.511. The third-order valence-electron chi connectivity index (χ3n) is 2.00. The first-order valence-electron chi connectivity index (χ1n) is 4.61. The number of imidazole rings is 1. The molecule has 74 valence electrons. The zero-order valence-electron chi connectivity index (χ0n) is 7.99. The number of aromatic nitrogens is 2. The summed E-state index contributed by atoms with van der Waals surface area (Å²) in [6, 6.07) is 7.85. The van der Waals surface area contributed by atoms with Gasteiger partial charge in [-0.15, -0.1) is 0 Å². The van der Waals surface area contributed by atoms with Gasteiger partial charge in [-0.3, -0.25) is 5.32 Å². The van der Waals surface area contributed by atoms with Gasteiger partial charge in [-0.05, 0) is 19.1 Å². The third kappa shape index (κ3) is 1.92. The van der Waals surface area contributed by atoms with E-state index < -0.39 is 6.23 Å². The summed E-state index contributed by atoms with van der Waals surface area (Å²) >= 11 is 0. The highest BCUT2D eigenvalue weighted by atomic mass is 16.3. The highest BCUT2D eigenvalue weighted by molar-refractivity contribution is 5.74. The van der Waals surface area contributed by atoms with Gasteiger partial charge in [0.1, 0.15) is 12.1 Å². The van der Waals surface area contributed by atoms with Crippen molar-refractivity contribution in [2.45, 2.75) is 19.7 Å². The number of hydrogen-bond acceptors (Lipinski definition) is 3. The van der Waals surface area contributed by atoms with Gasteiger partial charge in [0, 0.05) is 0 Å². The van der Waals surface area contributed by atoms with Crippen LogP contribution in [0, 0.1) is 0 Å². The second-order valence-electron chi connectivity index (χ2n) is 3.26. The van der Waals surface area contributed by atoms with E-state index in [0.29, 0.717) is 6.54 Å². The Morgan fingerprint density at radius 2 is 2.29 bits per heavy atom. The molecular formula is C10H13N3O. The van der Waals surface area contributed by atoms with Crippen molar-refractivity contribution in [1.82, 2.24) is 15.3 Å². The van der Waals surface area contributed by atoms with E-state index >= 15 is 0 Å². The number of aromatic amines is 1. The first-order valence-corrected chi connectivity index (χ1v) is 4.61. The van der Waals surface area contributed by atoms with Gasteiger partial charge in [0.2, 0.25) is 0 Å². The standard InChI is InChI=1S/C10H13N3O/c1-7(14)11-6-10-12-8-4-2-3-5-9(8)13-10/h2-5,7,11,14H,6H2,1H3,(H,12,13). The number of benzene rings is 1. The number of fused-ring (bicyclic) bond motifs is 1. The Balaban J connectivity index is 2.19. The topological polar surface area (TPSA) is 60.9 Å². The molecule has 2 rings (SSSR count). The molecular weight excluding hydrogens is 178 g/mol. The van der Waals surface area contributed by atoms with Crippen LogP contribution in [0.2, 0.25) is 0 Å². The maximum absolute atomic E-state index is 9.04. The molecule has 0 fully saturated rings. The van der Waals surface area contributed by atoms with E-state index in [1.54, 1.807) is 6.92 Å². The lowest BCUT2D eigenvalue weighted by atomic mass is 10.3. The quantitative estimate of drug-likeness (QED) is 0.634. The Labute approximate surface area is 82.0 Å². The van der Waals surface area contributed by atoms with Crippen LogP contribution in [0.1, 0.15) is 12.7 Å². The largest absolute Gasteiger partial charge is 0.379 e. The molecule has 4 heteroatoms. The maximum Gasteiger partial charge on any atom is 0.121 e. The number of nitrogens with one attached hydrogen (secondary N) is 2. The van der Waals surface area contributed by atoms with Crippen LogP contribution in [0.4, 0.5) is 0 Å². The van der Waals surface area contributed by atoms with Crippen molar-refractivity contribution >= 4 is 11.0 Å². The van der Waals surface area contributed by atoms with Crippen molar-refractivity contribution in [3.8, 4) is 0 Å². The Bertz CT molecular complexity index is 389. The Hall–Kier alpha value is -1.39. The average molecular weight is 191 g/mol. The normalized spacial score (nSPS) is 13.3. The molecule has 0 aliphatic heterocycles. The molecule has 1 atom stereocenters. The summed E-state index contributed by atoms with van der Waals surface area (Å²) in [6.07, 6.45) is -0.511. The van der Waals surface area contributed by atoms with Crippen LogP contribution in [0.15, 0.2) is 24.3 Å². The van der Waals surface area contributed by atoms with Gasteiger partial charge in [-0.25, -0.2) is 4.98 Å². The first-order chi connectivity index (χ1) is 6.75. The number of rotatable bonds is 3. The number of H-pyrrole nitrogens is 1. The smallest absolute Gasteiger partial charge is 0.121 e. The molecule has 1 aromatic carbocycles. The maximum atomic E-state index is 9.04. The summed E-state index contributed by atoms with van der Waals surface area (Å²) in [6.45, 7) is 2.23. The molecule has 3 N–H and O–H groups in total. The highest BCUT2D eigenvalue weighted by Crippen LogP contribution is 2.09. The molecule has 0 saturated heterocycles. The Morgan fingerprint density at radius 3 is 3.00 bits per heavy atom. The van der Waals surface area contributed by atoms with Gasteiger partial charge in [0.15, 0.2) is 0 Å². The van der Waals surface area contributed by atoms with Crippen molar-refractivity contribution in [2.24, 2.45) is 0 Å². The van der Waals surface area contributed by atoms with Crippen LogP contribution in [-0.2, 0) is 6.54 Å². The monoisotopic (exact) mass is 191 g/mol. The zero-order valence-corrected chi connectivity index (χ0v) is 7.99. The fraction of sp³-hybridized carbons (Fsp3) is 0.300. The Morgan fingerprint density at radius 1 is 1.50 bits per heavy atom. The predicted molar refractivity (Wildman–Crippen MR) is 54.6 cm³/mol. The molecule has 2 aromatic rings. The fourth-order valence-electron chi connectivity index (χ4n) is 1.33. The SMILES string of the molecule is CC(O)NCc1nc2ccccc2[nH]1. The summed E-state index contributed by atoms with van der Waals surface area (Å²) in [7, 11) is 0. The fourth-order valence-corrected chi connectivity index (χ4v) is 1.33. The third-order valence-corrected chi connectivity index (χ3v) is 2.00. The van der Waals surface area contributed by atoms with Gasteiger partial charge < -0.3 is 10.1 Å². The number of nitrogens with zero attached hydrogens (tertiary/aromatic N) is 1. The van der Waals surface area contributed by atoms with E-state index in [4.69, 9.17) is 5.11 Å². The van der Waals surface area contributed by atoms with Crippen molar-refractivity contribution < 1.29 is 5.11 Å². The molecule has 0 bridgehead atoms. The molecule has 1 heterocycles. The van der Waals surface area contributed by atoms with Gasteiger partial charge in [0.05, 0.1) is 17.6 Å². The molecule has 0 spiro atoms. The van der Waals surface area contributed by atoms with Crippen LogP contribution in [-0.4, -0.2) is 21.3 Å². The average Bonchev–Trinajstić information content (AvgIpc) is 2.57. The van der Waals surface area contributed by atoms with E-state index in [9.17, 15) is 0 Å². The molecule has 1 aromatic heterocycles. The molecule has 0 radical (unpaired) electrons. The van der Waals surface area contributed by atoms with E-state index in [1.165, 1.54) is 0 Å². The van der Waals surface area contributed by atoms with Gasteiger partial charge >= 0.3 is 0 Å². The van der Waals surface area contributed by atoms with E-state index in [2.05, 4.69) is 15.3 Å². The summed E-state index contributed by atoms with van der Waals surface area (Å²) in [5.74, 6) is 0.840. The van der Waals surface area contributed by atoms with Gasteiger partial charge in [-0.1, -0.05) is 12.1 Å². The van der Waals surface area contributed by atoms with Crippen molar-refractivity contribution in [3.63, 3.8) is 0 Å². The molecule has 0 saturated carbocycles. The molecule has 1 unspecified atom stereocenters. The van der Waals surface area contributed by atoms with E-state index in [0.717, 1.165) is 16.9 Å². The second-order valence-corrected chi connectivity index (χ2v) is 3.26. The summed E-state index contributed by atoms with van der Waals surface area (Å²) < 4.78 is 0.